The zero-order chi connectivity index (χ0) is 44.8. The molecule has 64 heavy (non-hydrogen) atoms. The highest BCUT2D eigenvalue weighted by Gasteiger charge is 2.43. The number of carboxylic acid groups (broad SMARTS) is 1. The lowest BCUT2D eigenvalue weighted by atomic mass is 9.92. The number of hydrogen-bond acceptors (Lipinski definition) is 9. The molecule has 2 aromatic heterocycles. The van der Waals surface area contributed by atoms with E-state index < -0.39 is 30.3 Å². The van der Waals surface area contributed by atoms with E-state index in [9.17, 15) is 24.3 Å². The van der Waals surface area contributed by atoms with Crippen molar-refractivity contribution in [3.8, 4) is 28.1 Å². The first-order valence-electron chi connectivity index (χ1n) is 21.7. The first kappa shape index (κ1) is 42.4. The van der Waals surface area contributed by atoms with Gasteiger partial charge in [-0.15, -0.1) is 0 Å². The minimum atomic E-state index is -1.20. The number of likely N-dealkylation sites (tertiary alicyclic amines) is 2. The third kappa shape index (κ3) is 7.75. The van der Waals surface area contributed by atoms with E-state index in [0.29, 0.717) is 49.9 Å². The number of carbonyl (C=O) groups excluding carboxylic acids is 3. The van der Waals surface area contributed by atoms with Gasteiger partial charge < -0.3 is 44.4 Å². The van der Waals surface area contributed by atoms with Crippen LogP contribution in [0.5, 0.6) is 5.75 Å². The molecule has 3 aliphatic heterocycles. The maximum Gasteiger partial charge on any atom is 0.407 e. The predicted molar refractivity (Wildman–Crippen MR) is 238 cm³/mol. The molecule has 0 aliphatic carbocycles. The molecular weight excluding hydrogens is 817 g/mol. The van der Waals surface area contributed by atoms with Crippen LogP contribution in [-0.2, 0) is 25.7 Å². The second-order valence-electron chi connectivity index (χ2n) is 17.3. The van der Waals surface area contributed by atoms with Gasteiger partial charge in [-0.3, -0.25) is 14.5 Å². The Bertz CT molecular complexity index is 2750. The normalized spacial score (nSPS) is 19.0. The molecule has 0 bridgehead atoms. The van der Waals surface area contributed by atoms with Crippen molar-refractivity contribution in [2.24, 2.45) is 11.8 Å². The van der Waals surface area contributed by atoms with Gasteiger partial charge in [-0.05, 0) is 77.1 Å². The van der Waals surface area contributed by atoms with Crippen LogP contribution in [0.3, 0.4) is 0 Å². The Morgan fingerprint density at radius 3 is 2.52 bits per heavy atom. The second kappa shape index (κ2) is 17.3. The first-order valence-corrected chi connectivity index (χ1v) is 21.7. The van der Waals surface area contributed by atoms with E-state index in [1.165, 1.54) is 14.2 Å². The van der Waals surface area contributed by atoms with E-state index >= 15 is 0 Å². The number of carbonyl (C=O) groups is 4. The summed E-state index contributed by atoms with van der Waals surface area (Å²) in [4.78, 5) is 73.9. The maximum absolute atomic E-state index is 14.5. The molecule has 5 unspecified atom stereocenters. The zero-order valence-corrected chi connectivity index (χ0v) is 36.5. The number of nitrogens with one attached hydrogen (secondary N) is 3. The van der Waals surface area contributed by atoms with E-state index in [1.54, 1.807) is 47.4 Å². The molecule has 0 radical (unpaired) electrons. The number of rotatable bonds is 11. The topological polar surface area (TPSA) is 195 Å². The first-order chi connectivity index (χ1) is 30.9. The standard InChI is InChI=1S/C48H52N8O8/c1-26(2)40(53-47(59)63-5)45(57)55-17-9-12-37(55)43-49-22-36(51-43)30-13-15-32-31(19-30)25-64-39-21-33-29(20-34(32)39)14-16-35-41(33)52-44(50-35)38-18-27(24-62-4)23-56(38)46(58)42(54(3)48(60)61)28-10-7-6-8-11-28/h6-8,10-11,13-16,19-22,26-27,37-38,40,42H,9,12,17-18,23-25H2,1-5H3,(H,49,51)(H,50,52)(H,53,59)(H,60,61). The summed E-state index contributed by atoms with van der Waals surface area (Å²) in [5, 5.41) is 14.6. The lowest BCUT2D eigenvalue weighted by Gasteiger charge is -2.32. The van der Waals surface area contributed by atoms with Gasteiger partial charge in [-0.2, -0.15) is 0 Å². The number of aromatic nitrogens is 4. The van der Waals surface area contributed by atoms with Crippen LogP contribution in [0.1, 0.15) is 74.0 Å². The Balaban J connectivity index is 0.982. The summed E-state index contributed by atoms with van der Waals surface area (Å²) in [6, 6.07) is 21.1. The van der Waals surface area contributed by atoms with Crippen molar-refractivity contribution in [1.82, 2.24) is 40.0 Å². The van der Waals surface area contributed by atoms with E-state index in [0.717, 1.165) is 73.2 Å². The minimum Gasteiger partial charge on any atom is -0.488 e. The fourth-order valence-corrected chi connectivity index (χ4v) is 9.69. The molecule has 0 saturated carbocycles. The van der Waals surface area contributed by atoms with Crippen LogP contribution in [-0.4, -0.2) is 111 Å². The van der Waals surface area contributed by atoms with Crippen LogP contribution in [0, 0.1) is 11.8 Å². The van der Waals surface area contributed by atoms with Crippen LogP contribution in [0.25, 0.3) is 44.2 Å². The fourth-order valence-electron chi connectivity index (χ4n) is 9.69. The van der Waals surface area contributed by atoms with E-state index in [-0.39, 0.29) is 29.7 Å². The van der Waals surface area contributed by atoms with Crippen molar-refractivity contribution in [3.05, 3.63) is 102 Å². The van der Waals surface area contributed by atoms with Crippen molar-refractivity contribution < 1.29 is 38.5 Å². The Kier molecular flexibility index (Phi) is 11.5. The highest BCUT2D eigenvalue weighted by atomic mass is 16.5. The van der Waals surface area contributed by atoms with Crippen LogP contribution in [0.15, 0.2) is 79.0 Å². The molecule has 2 fully saturated rings. The second-order valence-corrected chi connectivity index (χ2v) is 17.3. The van der Waals surface area contributed by atoms with E-state index in [4.69, 9.17) is 24.2 Å². The number of alkyl carbamates (subject to hydrolysis) is 1. The Morgan fingerprint density at radius 2 is 1.77 bits per heavy atom. The van der Waals surface area contributed by atoms with Crippen molar-refractivity contribution in [2.75, 3.05) is 41.0 Å². The number of nitrogens with zero attached hydrogens (tertiary/aromatic N) is 5. The predicted octanol–water partition coefficient (Wildman–Crippen LogP) is 7.60. The van der Waals surface area contributed by atoms with Crippen LogP contribution in [0.4, 0.5) is 9.59 Å². The number of fused-ring (bicyclic) bond motifs is 6. The number of imidazole rings is 2. The van der Waals surface area contributed by atoms with E-state index in [1.807, 2.05) is 32.0 Å². The number of ether oxygens (including phenoxy) is 3. The smallest absolute Gasteiger partial charge is 0.407 e. The van der Waals surface area contributed by atoms with Crippen molar-refractivity contribution in [3.63, 3.8) is 0 Å². The molecule has 9 rings (SSSR count). The lowest BCUT2D eigenvalue weighted by molar-refractivity contribution is -0.137. The number of likely N-dealkylation sites (N-methyl/N-ethyl adjacent to an activating group) is 1. The minimum absolute atomic E-state index is 0.0287. The van der Waals surface area contributed by atoms with Crippen molar-refractivity contribution in [1.29, 1.82) is 0 Å². The average molecular weight is 869 g/mol. The average Bonchev–Trinajstić information content (AvgIpc) is 4.14. The summed E-state index contributed by atoms with van der Waals surface area (Å²) >= 11 is 0. The highest BCUT2D eigenvalue weighted by molar-refractivity contribution is 6.07. The van der Waals surface area contributed by atoms with Gasteiger partial charge in [0, 0.05) is 44.1 Å². The van der Waals surface area contributed by atoms with Crippen LogP contribution in [0.2, 0.25) is 0 Å². The molecule has 16 nitrogen and oxygen atoms in total. The van der Waals surface area contributed by atoms with Crippen molar-refractivity contribution >= 4 is 45.8 Å². The molecule has 5 heterocycles. The number of methoxy groups -OCH3 is 2. The summed E-state index contributed by atoms with van der Waals surface area (Å²) < 4.78 is 16.8. The number of benzene rings is 4. The van der Waals surface area contributed by atoms with Gasteiger partial charge >= 0.3 is 12.2 Å². The van der Waals surface area contributed by atoms with Crippen LogP contribution < -0.4 is 10.1 Å². The molecule has 332 valence electrons. The number of hydrogen-bond donors (Lipinski definition) is 4. The molecule has 4 aromatic carbocycles. The van der Waals surface area contributed by atoms with E-state index in [2.05, 4.69) is 45.6 Å². The monoisotopic (exact) mass is 868 g/mol. The quantitative estimate of drug-likeness (QED) is 0.101. The Labute approximate surface area is 369 Å². The Morgan fingerprint density at radius 1 is 0.953 bits per heavy atom. The van der Waals surface area contributed by atoms with Gasteiger partial charge in [0.1, 0.15) is 36.1 Å². The largest absolute Gasteiger partial charge is 0.488 e. The summed E-state index contributed by atoms with van der Waals surface area (Å²) in [5.74, 6) is 1.49. The molecule has 0 spiro atoms. The number of amides is 4. The third-order valence-electron chi connectivity index (χ3n) is 12.9. The van der Waals surface area contributed by atoms with Crippen molar-refractivity contribution in [2.45, 2.75) is 63.9 Å². The molecule has 6 aromatic rings. The molecule has 16 heteroatoms. The maximum atomic E-state index is 14.5. The van der Waals surface area contributed by atoms with Gasteiger partial charge in [0.2, 0.25) is 5.91 Å². The summed E-state index contributed by atoms with van der Waals surface area (Å²) in [6.45, 7) is 5.56. The van der Waals surface area contributed by atoms with Gasteiger partial charge in [-0.1, -0.05) is 62.4 Å². The third-order valence-corrected chi connectivity index (χ3v) is 12.9. The fraction of sp³-hybridized carbons (Fsp3) is 0.375. The Hall–Kier alpha value is -6.94. The summed E-state index contributed by atoms with van der Waals surface area (Å²) in [6.07, 6.45) is 2.14. The summed E-state index contributed by atoms with van der Waals surface area (Å²) in [5.41, 5.74) is 6.97. The number of H-pyrrole nitrogens is 2. The lowest BCUT2D eigenvalue weighted by Crippen LogP contribution is -2.51. The molecule has 2 saturated heterocycles. The molecule has 5 atom stereocenters. The van der Waals surface area contributed by atoms with Gasteiger partial charge in [0.15, 0.2) is 0 Å². The molecular formula is C48H52N8O8. The summed E-state index contributed by atoms with van der Waals surface area (Å²) in [7, 11) is 4.35. The van der Waals surface area contributed by atoms with Crippen LogP contribution >= 0.6 is 0 Å². The van der Waals surface area contributed by atoms with Gasteiger partial charge in [0.05, 0.1) is 48.7 Å². The molecule has 4 amide bonds. The number of aromatic amines is 2. The zero-order valence-electron chi connectivity index (χ0n) is 36.5. The van der Waals surface area contributed by atoms with Gasteiger partial charge in [-0.25, -0.2) is 19.6 Å². The molecule has 3 aliphatic rings. The molecule has 4 N–H and O–H groups in total. The highest BCUT2D eigenvalue weighted by Crippen LogP contribution is 2.44. The van der Waals surface area contributed by atoms with Gasteiger partial charge in [0.25, 0.3) is 5.91 Å². The SMILES string of the molecule is COCC1CC(c2nc3c(ccc4cc5c(cc43)OCc3cc(-c4cnc(C6CCCN6C(=O)C(NC(=O)OC)C(C)C)[nH]4)ccc3-5)[nH]2)N(C(=O)C(c2ccccc2)N(C)C(=O)O)C1.